The van der Waals surface area contributed by atoms with Crippen LogP contribution in [0.5, 0.6) is 0 Å². The first-order valence-corrected chi connectivity index (χ1v) is 5.29. The van der Waals surface area contributed by atoms with E-state index in [4.69, 9.17) is 17.3 Å². The zero-order valence-electron chi connectivity index (χ0n) is 7.48. The van der Waals surface area contributed by atoms with Gasteiger partial charge in [-0.2, -0.15) is 5.21 Å². The van der Waals surface area contributed by atoms with Crippen LogP contribution in [-0.2, 0) is 0 Å². The van der Waals surface area contributed by atoms with E-state index < -0.39 is 6.04 Å². The van der Waals surface area contributed by atoms with Crippen LogP contribution in [0, 0.1) is 0 Å². The second-order valence-corrected chi connectivity index (χ2v) is 4.20. The van der Waals surface area contributed by atoms with Gasteiger partial charge in [0.05, 0.1) is 6.04 Å². The fraction of sp³-hybridized carbons (Fsp3) is 0.125. The number of hydrogen-bond donors (Lipinski definition) is 2. The lowest BCUT2D eigenvalue weighted by Gasteiger charge is -2.09. The molecule has 0 spiro atoms. The molecule has 0 saturated carbocycles. The van der Waals surface area contributed by atoms with Gasteiger partial charge >= 0.3 is 0 Å². The predicted molar refractivity (Wildman–Crippen MR) is 59.4 cm³/mol. The van der Waals surface area contributed by atoms with Crippen LogP contribution in [0.4, 0.5) is 0 Å². The van der Waals surface area contributed by atoms with Crippen molar-refractivity contribution < 1.29 is 0 Å². The van der Waals surface area contributed by atoms with Gasteiger partial charge in [-0.15, -0.1) is 10.2 Å². The van der Waals surface area contributed by atoms with Crippen molar-refractivity contribution in [3.05, 3.63) is 39.1 Å². The van der Waals surface area contributed by atoms with E-state index in [1.807, 2.05) is 6.07 Å². The zero-order chi connectivity index (χ0) is 10.8. The van der Waals surface area contributed by atoms with Gasteiger partial charge in [-0.3, -0.25) is 0 Å². The third kappa shape index (κ3) is 2.17. The fourth-order valence-corrected chi connectivity index (χ4v) is 2.12. The molecule has 0 amide bonds. The summed E-state index contributed by atoms with van der Waals surface area (Å²) < 4.78 is 0.826. The molecule has 0 radical (unpaired) electrons. The zero-order valence-corrected chi connectivity index (χ0v) is 9.83. The molecule has 0 bridgehead atoms. The van der Waals surface area contributed by atoms with Crippen molar-refractivity contribution in [2.45, 2.75) is 6.04 Å². The van der Waals surface area contributed by atoms with Crippen LogP contribution in [0.3, 0.4) is 0 Å². The molecule has 15 heavy (non-hydrogen) atoms. The number of H-pyrrole nitrogens is 1. The molecule has 7 heteroatoms. The maximum atomic E-state index is 5.95. The summed E-state index contributed by atoms with van der Waals surface area (Å²) in [4.78, 5) is 0. The number of aromatic amines is 1. The van der Waals surface area contributed by atoms with Crippen molar-refractivity contribution in [3.8, 4) is 0 Å². The number of nitrogens with two attached hydrogens (primary N) is 1. The summed E-state index contributed by atoms with van der Waals surface area (Å²) >= 11 is 9.21. The summed E-state index contributed by atoms with van der Waals surface area (Å²) in [6.45, 7) is 0. The molecular weight excluding hydrogens is 281 g/mol. The largest absolute Gasteiger partial charge is 0.317 e. The van der Waals surface area contributed by atoms with Crippen molar-refractivity contribution in [2.75, 3.05) is 0 Å². The van der Waals surface area contributed by atoms with E-state index in [9.17, 15) is 0 Å². The van der Waals surface area contributed by atoms with Crippen molar-refractivity contribution in [1.82, 2.24) is 20.6 Å². The minimum absolute atomic E-state index is 0.421. The Morgan fingerprint density at radius 3 is 2.87 bits per heavy atom. The van der Waals surface area contributed by atoms with Gasteiger partial charge in [-0.25, -0.2) is 0 Å². The highest BCUT2D eigenvalue weighted by Gasteiger charge is 2.16. The highest BCUT2D eigenvalue weighted by Crippen LogP contribution is 2.27. The molecule has 1 aromatic carbocycles. The second-order valence-electron chi connectivity index (χ2n) is 2.91. The van der Waals surface area contributed by atoms with Gasteiger partial charge in [-0.1, -0.05) is 38.8 Å². The average molecular weight is 289 g/mol. The number of nitrogens with zero attached hydrogens (tertiary/aromatic N) is 3. The maximum absolute atomic E-state index is 5.95. The molecule has 0 fully saturated rings. The molecule has 3 N–H and O–H groups in total. The Hall–Kier alpha value is -0.980. The highest BCUT2D eigenvalue weighted by atomic mass is 79.9. The van der Waals surface area contributed by atoms with Crippen LogP contribution in [0.2, 0.25) is 5.02 Å². The van der Waals surface area contributed by atoms with Crippen molar-refractivity contribution >= 4 is 27.5 Å². The van der Waals surface area contributed by atoms with Gasteiger partial charge < -0.3 is 5.73 Å². The molecule has 0 aliphatic heterocycles. The minimum atomic E-state index is -0.421. The first-order valence-electron chi connectivity index (χ1n) is 4.12. The molecule has 2 rings (SSSR count). The van der Waals surface area contributed by atoms with Gasteiger partial charge in [0, 0.05) is 9.50 Å². The topological polar surface area (TPSA) is 80.5 Å². The Bertz CT molecular complexity index is 458. The quantitative estimate of drug-likeness (QED) is 0.881. The Morgan fingerprint density at radius 1 is 1.47 bits per heavy atom. The molecule has 0 aliphatic carbocycles. The number of hydrogen-bond acceptors (Lipinski definition) is 4. The normalized spacial score (nSPS) is 12.7. The summed E-state index contributed by atoms with van der Waals surface area (Å²) in [7, 11) is 0. The lowest BCUT2D eigenvalue weighted by Crippen LogP contribution is -2.14. The van der Waals surface area contributed by atoms with E-state index >= 15 is 0 Å². The van der Waals surface area contributed by atoms with Gasteiger partial charge in [0.1, 0.15) is 0 Å². The molecule has 1 unspecified atom stereocenters. The first-order chi connectivity index (χ1) is 7.18. The predicted octanol–water partition coefficient (Wildman–Crippen LogP) is 1.66. The first kappa shape index (κ1) is 10.5. The highest BCUT2D eigenvalue weighted by molar-refractivity contribution is 9.10. The van der Waals surface area contributed by atoms with Gasteiger partial charge in [0.2, 0.25) is 0 Å². The van der Waals surface area contributed by atoms with Crippen LogP contribution in [-0.4, -0.2) is 20.6 Å². The summed E-state index contributed by atoms with van der Waals surface area (Å²) in [6.07, 6.45) is 0. The number of aromatic nitrogens is 4. The van der Waals surface area contributed by atoms with E-state index in [0.29, 0.717) is 10.8 Å². The number of tetrazole rings is 1. The smallest absolute Gasteiger partial charge is 0.195 e. The summed E-state index contributed by atoms with van der Waals surface area (Å²) in [5.74, 6) is 0.443. The summed E-state index contributed by atoms with van der Waals surface area (Å²) in [5, 5.41) is 14.1. The monoisotopic (exact) mass is 287 g/mol. The van der Waals surface area contributed by atoms with Crippen LogP contribution in [0.25, 0.3) is 0 Å². The number of benzene rings is 1. The van der Waals surface area contributed by atoms with E-state index in [1.54, 1.807) is 12.1 Å². The maximum Gasteiger partial charge on any atom is 0.195 e. The van der Waals surface area contributed by atoms with Gasteiger partial charge in [-0.05, 0) is 17.7 Å². The molecule has 78 valence electrons. The third-order valence-electron chi connectivity index (χ3n) is 1.94. The van der Waals surface area contributed by atoms with Crippen LogP contribution >= 0.6 is 27.5 Å². The summed E-state index contributed by atoms with van der Waals surface area (Å²) in [5.41, 5.74) is 6.82. The molecule has 0 saturated heterocycles. The molecule has 1 aromatic heterocycles. The molecule has 1 heterocycles. The molecular formula is C8H7BrClN5. The molecule has 2 aromatic rings. The van der Waals surface area contributed by atoms with E-state index in [0.717, 1.165) is 10.0 Å². The van der Waals surface area contributed by atoms with Crippen molar-refractivity contribution in [3.63, 3.8) is 0 Å². The molecule has 1 atom stereocenters. The average Bonchev–Trinajstić information content (AvgIpc) is 2.69. The van der Waals surface area contributed by atoms with Crippen LogP contribution < -0.4 is 5.73 Å². The minimum Gasteiger partial charge on any atom is -0.317 e. The van der Waals surface area contributed by atoms with Crippen LogP contribution in [0.15, 0.2) is 22.7 Å². The summed E-state index contributed by atoms with van der Waals surface area (Å²) in [6, 6.07) is 4.95. The Morgan fingerprint density at radius 2 is 2.27 bits per heavy atom. The SMILES string of the molecule is NC(c1nn[nH]n1)c1ccc(Cl)cc1Br. The lowest BCUT2D eigenvalue weighted by atomic mass is 10.1. The van der Waals surface area contributed by atoms with Gasteiger partial charge in [0.25, 0.3) is 0 Å². The van der Waals surface area contributed by atoms with Crippen LogP contribution in [0.1, 0.15) is 17.4 Å². The van der Waals surface area contributed by atoms with E-state index in [1.165, 1.54) is 0 Å². The number of halogens is 2. The Balaban J connectivity index is 2.38. The van der Waals surface area contributed by atoms with E-state index in [2.05, 4.69) is 36.6 Å². The second kappa shape index (κ2) is 4.26. The molecule has 5 nitrogen and oxygen atoms in total. The Kier molecular flexibility index (Phi) is 2.99. The number of nitrogens with one attached hydrogen (secondary N) is 1. The Labute approximate surface area is 99.1 Å². The standard InChI is InChI=1S/C8H7BrClN5/c9-6-3-4(10)1-2-5(6)7(11)8-12-14-15-13-8/h1-3,7H,11H2,(H,12,13,14,15). The van der Waals surface area contributed by atoms with Crippen molar-refractivity contribution in [2.24, 2.45) is 5.73 Å². The number of rotatable bonds is 2. The van der Waals surface area contributed by atoms with E-state index in [-0.39, 0.29) is 0 Å². The third-order valence-corrected chi connectivity index (χ3v) is 2.86. The van der Waals surface area contributed by atoms with Crippen molar-refractivity contribution in [1.29, 1.82) is 0 Å². The van der Waals surface area contributed by atoms with Gasteiger partial charge in [0.15, 0.2) is 5.82 Å². The molecule has 0 aliphatic rings. The lowest BCUT2D eigenvalue weighted by molar-refractivity contribution is 0.781. The fourth-order valence-electron chi connectivity index (χ4n) is 1.19.